The van der Waals surface area contributed by atoms with Crippen molar-refractivity contribution < 1.29 is 4.79 Å². The molecule has 86 valence electrons. The number of benzene rings is 1. The van der Waals surface area contributed by atoms with Gasteiger partial charge in [0.05, 0.1) is 6.20 Å². The lowest BCUT2D eigenvalue weighted by Gasteiger charge is -2.03. The van der Waals surface area contributed by atoms with E-state index in [4.69, 9.17) is 0 Å². The van der Waals surface area contributed by atoms with E-state index in [0.717, 1.165) is 28.6 Å². The average Bonchev–Trinajstić information content (AvgIpc) is 2.90. The molecule has 0 saturated carbocycles. The lowest BCUT2D eigenvalue weighted by atomic mass is 10.1. The minimum atomic E-state index is 0.0613. The first-order chi connectivity index (χ1) is 8.25. The highest BCUT2D eigenvalue weighted by atomic mass is 32.2. The van der Waals surface area contributed by atoms with Gasteiger partial charge in [-0.3, -0.25) is 4.79 Å². The van der Waals surface area contributed by atoms with E-state index in [1.807, 2.05) is 35.8 Å². The van der Waals surface area contributed by atoms with Gasteiger partial charge in [-0.15, -0.1) is 0 Å². The van der Waals surface area contributed by atoms with Gasteiger partial charge in [-0.25, -0.2) is 4.98 Å². The van der Waals surface area contributed by atoms with Gasteiger partial charge in [0.1, 0.15) is 5.69 Å². The third-order valence-electron chi connectivity index (χ3n) is 2.91. The molecule has 0 fully saturated rings. The zero-order valence-corrected chi connectivity index (χ0v) is 10.3. The number of hydrogen-bond donors (Lipinski definition) is 0. The molecule has 0 atom stereocenters. The zero-order valence-electron chi connectivity index (χ0n) is 9.51. The van der Waals surface area contributed by atoms with E-state index < -0.39 is 0 Å². The van der Waals surface area contributed by atoms with Gasteiger partial charge in [0.25, 0.3) is 0 Å². The summed E-state index contributed by atoms with van der Waals surface area (Å²) in [6.07, 6.45) is 1.68. The molecule has 3 nitrogen and oxygen atoms in total. The van der Waals surface area contributed by atoms with Gasteiger partial charge < -0.3 is 4.57 Å². The third kappa shape index (κ3) is 1.78. The number of aromatic nitrogens is 2. The van der Waals surface area contributed by atoms with Crippen molar-refractivity contribution in [2.24, 2.45) is 0 Å². The maximum absolute atomic E-state index is 12.3. The van der Waals surface area contributed by atoms with Gasteiger partial charge in [-0.05, 0) is 6.92 Å². The fourth-order valence-corrected chi connectivity index (χ4v) is 2.88. The van der Waals surface area contributed by atoms with Gasteiger partial charge in [0.15, 0.2) is 5.16 Å². The molecule has 4 heteroatoms. The van der Waals surface area contributed by atoms with E-state index in [1.54, 1.807) is 18.0 Å². The maximum atomic E-state index is 12.3. The molecule has 1 aliphatic rings. The summed E-state index contributed by atoms with van der Waals surface area (Å²) >= 11 is 1.70. The van der Waals surface area contributed by atoms with Crippen molar-refractivity contribution in [1.29, 1.82) is 0 Å². The Morgan fingerprint density at radius 1 is 1.35 bits per heavy atom. The minimum Gasteiger partial charge on any atom is -0.315 e. The molecule has 3 rings (SSSR count). The Labute approximate surface area is 104 Å². The van der Waals surface area contributed by atoms with Crippen molar-refractivity contribution in [3.05, 3.63) is 47.3 Å². The second-order valence-electron chi connectivity index (χ2n) is 4.12. The largest absolute Gasteiger partial charge is 0.315 e. The molecule has 0 radical (unpaired) electrons. The quantitative estimate of drug-likeness (QED) is 0.761. The molecular formula is C13H12N2OS. The van der Waals surface area contributed by atoms with Crippen LogP contribution in [0.3, 0.4) is 0 Å². The molecule has 0 unspecified atom stereocenters. The Kier molecular flexibility index (Phi) is 2.52. The van der Waals surface area contributed by atoms with Crippen LogP contribution in [0, 0.1) is 6.92 Å². The van der Waals surface area contributed by atoms with E-state index in [9.17, 15) is 4.79 Å². The predicted octanol–water partition coefficient (Wildman–Crippen LogP) is 2.53. The van der Waals surface area contributed by atoms with Crippen molar-refractivity contribution >= 4 is 17.5 Å². The Balaban J connectivity index is 1.99. The van der Waals surface area contributed by atoms with Crippen LogP contribution < -0.4 is 0 Å². The van der Waals surface area contributed by atoms with Gasteiger partial charge in [0, 0.05) is 17.9 Å². The molecular weight excluding hydrogens is 232 g/mol. The molecule has 0 aliphatic carbocycles. The van der Waals surface area contributed by atoms with Crippen molar-refractivity contribution in [3.63, 3.8) is 0 Å². The van der Waals surface area contributed by atoms with Crippen LogP contribution >= 0.6 is 11.8 Å². The molecule has 1 aliphatic heterocycles. The summed E-state index contributed by atoms with van der Waals surface area (Å²) in [6, 6.07) is 7.67. The summed E-state index contributed by atoms with van der Waals surface area (Å²) in [5.74, 6) is 1.07. The number of carbonyl (C=O) groups is 1. The number of thioether (sulfide) groups is 1. The Hall–Kier alpha value is -1.55. The maximum Gasteiger partial charge on any atom is 0.211 e. The molecule has 17 heavy (non-hydrogen) atoms. The lowest BCUT2D eigenvalue weighted by molar-refractivity contribution is 0.103. The fourth-order valence-electron chi connectivity index (χ4n) is 1.95. The highest BCUT2D eigenvalue weighted by Crippen LogP contribution is 2.26. The number of rotatable bonds is 2. The first kappa shape index (κ1) is 10.6. The summed E-state index contributed by atoms with van der Waals surface area (Å²) < 4.78 is 2.01. The molecule has 0 bridgehead atoms. The Morgan fingerprint density at radius 2 is 2.12 bits per heavy atom. The summed E-state index contributed by atoms with van der Waals surface area (Å²) in [5, 5.41) is 0.959. The first-order valence-electron chi connectivity index (χ1n) is 5.55. The van der Waals surface area contributed by atoms with Crippen molar-refractivity contribution in [1.82, 2.24) is 9.55 Å². The van der Waals surface area contributed by atoms with Gasteiger partial charge in [0.2, 0.25) is 5.78 Å². The molecule has 2 heterocycles. The van der Waals surface area contributed by atoms with E-state index in [-0.39, 0.29) is 5.78 Å². The van der Waals surface area contributed by atoms with Gasteiger partial charge >= 0.3 is 0 Å². The van der Waals surface area contributed by atoms with E-state index in [1.165, 1.54) is 0 Å². The molecule has 2 aromatic rings. The summed E-state index contributed by atoms with van der Waals surface area (Å²) in [7, 11) is 0. The van der Waals surface area contributed by atoms with Crippen molar-refractivity contribution in [3.8, 4) is 0 Å². The number of imidazole rings is 1. The Bertz CT molecular complexity index is 572. The van der Waals surface area contributed by atoms with Crippen LogP contribution in [0.2, 0.25) is 0 Å². The topological polar surface area (TPSA) is 34.9 Å². The third-order valence-corrected chi connectivity index (χ3v) is 3.88. The fraction of sp³-hybridized carbons (Fsp3) is 0.231. The second kappa shape index (κ2) is 4.04. The predicted molar refractivity (Wildman–Crippen MR) is 67.6 cm³/mol. The van der Waals surface area contributed by atoms with E-state index >= 15 is 0 Å². The van der Waals surface area contributed by atoms with Crippen LogP contribution in [0.5, 0.6) is 0 Å². The summed E-state index contributed by atoms with van der Waals surface area (Å²) in [4.78, 5) is 16.6. The number of fused-ring (bicyclic) bond motifs is 1. The van der Waals surface area contributed by atoms with Crippen LogP contribution in [-0.2, 0) is 6.54 Å². The molecule has 0 amide bonds. The van der Waals surface area contributed by atoms with Crippen LogP contribution in [0.4, 0.5) is 0 Å². The number of carbonyl (C=O) groups excluding carboxylic acids is 1. The number of hydrogen-bond acceptors (Lipinski definition) is 3. The second-order valence-corrected chi connectivity index (χ2v) is 5.18. The first-order valence-corrected chi connectivity index (χ1v) is 6.54. The molecule has 1 aromatic carbocycles. The number of ketones is 1. The van der Waals surface area contributed by atoms with Crippen LogP contribution in [0.25, 0.3) is 0 Å². The van der Waals surface area contributed by atoms with Crippen LogP contribution in [-0.4, -0.2) is 21.1 Å². The van der Waals surface area contributed by atoms with Crippen LogP contribution in [0.15, 0.2) is 35.6 Å². The highest BCUT2D eigenvalue weighted by molar-refractivity contribution is 7.99. The summed E-state index contributed by atoms with van der Waals surface area (Å²) in [6.45, 7) is 2.90. The zero-order chi connectivity index (χ0) is 11.8. The number of aryl methyl sites for hydroxylation is 1. The van der Waals surface area contributed by atoms with Gasteiger partial charge in [-0.2, -0.15) is 0 Å². The average molecular weight is 244 g/mol. The molecule has 0 N–H and O–H groups in total. The highest BCUT2D eigenvalue weighted by Gasteiger charge is 2.21. The smallest absolute Gasteiger partial charge is 0.211 e. The number of nitrogens with zero attached hydrogens (tertiary/aromatic N) is 2. The molecule has 0 spiro atoms. The van der Waals surface area contributed by atoms with E-state index in [0.29, 0.717) is 5.69 Å². The normalized spacial score (nSPS) is 13.7. The van der Waals surface area contributed by atoms with Crippen molar-refractivity contribution in [2.45, 2.75) is 18.6 Å². The van der Waals surface area contributed by atoms with E-state index in [2.05, 4.69) is 4.98 Å². The lowest BCUT2D eigenvalue weighted by Crippen LogP contribution is -2.09. The molecule has 0 saturated heterocycles. The van der Waals surface area contributed by atoms with Crippen LogP contribution in [0.1, 0.15) is 21.6 Å². The SMILES string of the molecule is Cc1ccc(C(=O)c2cnc3n2CCS3)cc1. The standard InChI is InChI=1S/C13H12N2OS/c1-9-2-4-10(5-3-9)12(16)11-8-14-13-15(11)6-7-17-13/h2-5,8H,6-7H2,1H3. The van der Waals surface area contributed by atoms with Gasteiger partial charge in [-0.1, -0.05) is 41.6 Å². The summed E-state index contributed by atoms with van der Waals surface area (Å²) in [5.41, 5.74) is 2.60. The monoisotopic (exact) mass is 244 g/mol. The minimum absolute atomic E-state index is 0.0613. The molecule has 1 aromatic heterocycles. The van der Waals surface area contributed by atoms with Crippen molar-refractivity contribution in [2.75, 3.05) is 5.75 Å². The Morgan fingerprint density at radius 3 is 2.88 bits per heavy atom.